The summed E-state index contributed by atoms with van der Waals surface area (Å²) in [4.78, 5) is 28.2. The van der Waals surface area contributed by atoms with Crippen molar-refractivity contribution in [3.8, 4) is 0 Å². The van der Waals surface area contributed by atoms with E-state index in [2.05, 4.69) is 5.32 Å². The number of nitrogens with zero attached hydrogens (tertiary/aromatic N) is 2. The third-order valence-electron chi connectivity index (χ3n) is 5.31. The van der Waals surface area contributed by atoms with E-state index in [4.69, 9.17) is 0 Å². The van der Waals surface area contributed by atoms with Crippen molar-refractivity contribution in [1.29, 1.82) is 0 Å². The van der Waals surface area contributed by atoms with E-state index >= 15 is 0 Å². The third-order valence-corrected chi connectivity index (χ3v) is 5.31. The zero-order chi connectivity index (χ0) is 19.4. The standard InChI is InChI=1S/C19H24F3N3O2/c20-19(21,22)16-4-2-15(3-5-16)18(27)25-11-9-24(10-12-25)17(26)6-1-14-7-8-23-13-14/h2-5,14,23H,1,6-13H2. The van der Waals surface area contributed by atoms with Gasteiger partial charge in [-0.2, -0.15) is 13.2 Å². The Morgan fingerprint density at radius 2 is 1.67 bits per heavy atom. The maximum Gasteiger partial charge on any atom is 0.416 e. The first-order valence-electron chi connectivity index (χ1n) is 9.29. The fourth-order valence-corrected chi connectivity index (χ4v) is 3.59. The van der Waals surface area contributed by atoms with Crippen LogP contribution in [-0.2, 0) is 11.0 Å². The Hall–Kier alpha value is -2.09. The average Bonchev–Trinajstić information content (AvgIpc) is 3.19. The summed E-state index contributed by atoms with van der Waals surface area (Å²) in [5, 5.41) is 3.29. The molecule has 1 atom stereocenters. The highest BCUT2D eigenvalue weighted by Gasteiger charge is 2.31. The molecule has 0 bridgehead atoms. The Labute approximate surface area is 156 Å². The van der Waals surface area contributed by atoms with Gasteiger partial charge in [0.25, 0.3) is 5.91 Å². The van der Waals surface area contributed by atoms with Crippen LogP contribution in [0.1, 0.15) is 35.2 Å². The van der Waals surface area contributed by atoms with Gasteiger partial charge in [-0.25, -0.2) is 0 Å². The number of carbonyl (C=O) groups excluding carboxylic acids is 2. The van der Waals surface area contributed by atoms with Crippen LogP contribution < -0.4 is 5.32 Å². The van der Waals surface area contributed by atoms with E-state index < -0.39 is 11.7 Å². The van der Waals surface area contributed by atoms with Crippen LogP contribution >= 0.6 is 0 Å². The van der Waals surface area contributed by atoms with Crippen molar-refractivity contribution < 1.29 is 22.8 Å². The molecule has 1 aromatic rings. The minimum Gasteiger partial charge on any atom is -0.339 e. The molecule has 2 aliphatic heterocycles. The van der Waals surface area contributed by atoms with Crippen LogP contribution in [-0.4, -0.2) is 60.9 Å². The zero-order valence-electron chi connectivity index (χ0n) is 15.1. The molecule has 1 N–H and O–H groups in total. The minimum atomic E-state index is -4.41. The second kappa shape index (κ2) is 8.29. The van der Waals surface area contributed by atoms with E-state index in [9.17, 15) is 22.8 Å². The second-order valence-electron chi connectivity index (χ2n) is 7.15. The molecule has 0 aromatic heterocycles. The van der Waals surface area contributed by atoms with Gasteiger partial charge in [-0.1, -0.05) is 0 Å². The molecule has 0 aliphatic carbocycles. The highest BCUT2D eigenvalue weighted by atomic mass is 19.4. The van der Waals surface area contributed by atoms with Gasteiger partial charge in [0.05, 0.1) is 5.56 Å². The molecule has 0 saturated carbocycles. The monoisotopic (exact) mass is 383 g/mol. The van der Waals surface area contributed by atoms with Crippen LogP contribution in [0.3, 0.4) is 0 Å². The van der Waals surface area contributed by atoms with E-state index in [0.717, 1.165) is 38.1 Å². The summed E-state index contributed by atoms with van der Waals surface area (Å²) in [5.41, 5.74) is -0.538. The average molecular weight is 383 g/mol. The van der Waals surface area contributed by atoms with Gasteiger partial charge in [0.1, 0.15) is 0 Å². The zero-order valence-corrected chi connectivity index (χ0v) is 15.1. The van der Waals surface area contributed by atoms with Gasteiger partial charge in [-0.15, -0.1) is 0 Å². The summed E-state index contributed by atoms with van der Waals surface area (Å²) < 4.78 is 37.9. The van der Waals surface area contributed by atoms with Crippen molar-refractivity contribution in [1.82, 2.24) is 15.1 Å². The molecule has 8 heteroatoms. The Balaban J connectivity index is 1.48. The van der Waals surface area contributed by atoms with Gasteiger partial charge < -0.3 is 15.1 Å². The maximum atomic E-state index is 12.6. The predicted molar refractivity (Wildman–Crippen MR) is 94.1 cm³/mol. The predicted octanol–water partition coefficient (Wildman–Crippen LogP) is 2.38. The highest BCUT2D eigenvalue weighted by Crippen LogP contribution is 2.29. The molecule has 0 radical (unpaired) electrons. The third kappa shape index (κ3) is 5.00. The number of hydrogen-bond acceptors (Lipinski definition) is 3. The van der Waals surface area contributed by atoms with Gasteiger partial charge in [0.15, 0.2) is 0 Å². The second-order valence-corrected chi connectivity index (χ2v) is 7.15. The van der Waals surface area contributed by atoms with E-state index in [1.807, 2.05) is 0 Å². The highest BCUT2D eigenvalue weighted by molar-refractivity contribution is 5.94. The normalized spacial score (nSPS) is 20.8. The molecule has 3 rings (SSSR count). The molecule has 1 unspecified atom stereocenters. The lowest BCUT2D eigenvalue weighted by molar-refractivity contribution is -0.137. The van der Waals surface area contributed by atoms with Crippen molar-refractivity contribution in [2.75, 3.05) is 39.3 Å². The van der Waals surface area contributed by atoms with Crippen molar-refractivity contribution in [3.05, 3.63) is 35.4 Å². The lowest BCUT2D eigenvalue weighted by atomic mass is 10.0. The summed E-state index contributed by atoms with van der Waals surface area (Å²) >= 11 is 0. The van der Waals surface area contributed by atoms with Crippen molar-refractivity contribution in [3.63, 3.8) is 0 Å². The number of piperazine rings is 1. The molecular formula is C19H24F3N3O2. The molecule has 27 heavy (non-hydrogen) atoms. The summed E-state index contributed by atoms with van der Waals surface area (Å²) in [6.45, 7) is 3.72. The van der Waals surface area contributed by atoms with E-state index in [1.54, 1.807) is 9.80 Å². The molecule has 0 spiro atoms. The smallest absolute Gasteiger partial charge is 0.339 e. The molecule has 1 aromatic carbocycles. The van der Waals surface area contributed by atoms with Crippen molar-refractivity contribution in [2.24, 2.45) is 5.92 Å². The Bertz CT molecular complexity index is 662. The van der Waals surface area contributed by atoms with Crippen LogP contribution in [0.5, 0.6) is 0 Å². The van der Waals surface area contributed by atoms with E-state index in [-0.39, 0.29) is 17.4 Å². The van der Waals surface area contributed by atoms with Crippen LogP contribution in [0.4, 0.5) is 13.2 Å². The fraction of sp³-hybridized carbons (Fsp3) is 0.579. The van der Waals surface area contributed by atoms with E-state index in [0.29, 0.717) is 38.5 Å². The van der Waals surface area contributed by atoms with Gasteiger partial charge in [-0.05, 0) is 56.1 Å². The van der Waals surface area contributed by atoms with Crippen LogP contribution in [0.2, 0.25) is 0 Å². The maximum absolute atomic E-state index is 12.6. The van der Waals surface area contributed by atoms with Gasteiger partial charge in [-0.3, -0.25) is 9.59 Å². The summed E-state index contributed by atoms with van der Waals surface area (Å²) in [6.07, 6.45) is -1.89. The number of halogens is 3. The van der Waals surface area contributed by atoms with Crippen LogP contribution in [0.25, 0.3) is 0 Å². The van der Waals surface area contributed by atoms with Gasteiger partial charge in [0.2, 0.25) is 5.91 Å². The first-order valence-corrected chi connectivity index (χ1v) is 9.29. The number of rotatable bonds is 4. The molecule has 5 nitrogen and oxygen atoms in total. The summed E-state index contributed by atoms with van der Waals surface area (Å²) in [5.74, 6) is 0.382. The topological polar surface area (TPSA) is 52.7 Å². The van der Waals surface area contributed by atoms with Crippen LogP contribution in [0, 0.1) is 5.92 Å². The lowest BCUT2D eigenvalue weighted by Gasteiger charge is -2.35. The number of nitrogens with one attached hydrogen (secondary N) is 1. The Morgan fingerprint density at radius 3 is 2.22 bits per heavy atom. The molecule has 2 saturated heterocycles. The molecular weight excluding hydrogens is 359 g/mol. The van der Waals surface area contributed by atoms with Crippen LogP contribution in [0.15, 0.2) is 24.3 Å². The van der Waals surface area contributed by atoms with Crippen molar-refractivity contribution >= 4 is 11.8 Å². The number of hydrogen-bond donors (Lipinski definition) is 1. The first-order chi connectivity index (χ1) is 12.8. The quantitative estimate of drug-likeness (QED) is 0.869. The largest absolute Gasteiger partial charge is 0.416 e. The molecule has 148 valence electrons. The molecule has 2 heterocycles. The number of amides is 2. The number of benzene rings is 1. The number of carbonyl (C=O) groups is 2. The lowest BCUT2D eigenvalue weighted by Crippen LogP contribution is -2.50. The van der Waals surface area contributed by atoms with Crippen molar-refractivity contribution in [2.45, 2.75) is 25.4 Å². The Kier molecular flexibility index (Phi) is 6.04. The molecule has 2 aliphatic rings. The van der Waals surface area contributed by atoms with E-state index in [1.165, 1.54) is 12.1 Å². The Morgan fingerprint density at radius 1 is 1.04 bits per heavy atom. The number of alkyl halides is 3. The molecule has 2 amide bonds. The molecule has 2 fully saturated rings. The van der Waals surface area contributed by atoms with Gasteiger partial charge in [0, 0.05) is 38.2 Å². The summed E-state index contributed by atoms with van der Waals surface area (Å²) in [7, 11) is 0. The first kappa shape index (κ1) is 19.7. The summed E-state index contributed by atoms with van der Waals surface area (Å²) in [6, 6.07) is 4.26. The van der Waals surface area contributed by atoms with Gasteiger partial charge >= 0.3 is 6.18 Å². The fourth-order valence-electron chi connectivity index (χ4n) is 3.59. The minimum absolute atomic E-state index is 0.114. The SMILES string of the molecule is O=C(CCC1CCNC1)N1CCN(C(=O)c2ccc(C(F)(F)F)cc2)CC1.